The first-order valence-corrected chi connectivity index (χ1v) is 10.2. The number of nitrogens with two attached hydrogens (primary N) is 1. The number of nitrogens with one attached hydrogen (secondary N) is 1. The number of fused-ring (bicyclic) bond motifs is 2. The van der Waals surface area contributed by atoms with Crippen LogP contribution < -0.4 is 15.2 Å². The number of H-pyrrole nitrogens is 1. The zero-order valence-corrected chi connectivity index (χ0v) is 17.4. The van der Waals surface area contributed by atoms with E-state index in [2.05, 4.69) is 19.9 Å². The fourth-order valence-corrected chi connectivity index (χ4v) is 4.27. The van der Waals surface area contributed by atoms with Crippen molar-refractivity contribution in [1.29, 1.82) is 0 Å². The van der Waals surface area contributed by atoms with Crippen molar-refractivity contribution in [2.45, 2.75) is 22.4 Å². The summed E-state index contributed by atoms with van der Waals surface area (Å²) in [4.78, 5) is 15.2. The molecule has 0 spiro atoms. The van der Waals surface area contributed by atoms with Crippen LogP contribution in [0.2, 0.25) is 0 Å². The third kappa shape index (κ3) is 4.04. The van der Waals surface area contributed by atoms with Crippen LogP contribution in [0.5, 0.6) is 11.5 Å². The van der Waals surface area contributed by atoms with Crippen molar-refractivity contribution in [3.8, 4) is 22.6 Å². The third-order valence-electron chi connectivity index (χ3n) is 4.88. The number of rotatable bonds is 3. The number of aromatic amines is 1. The van der Waals surface area contributed by atoms with Gasteiger partial charge in [0.25, 0.3) is 0 Å². The lowest BCUT2D eigenvalue weighted by Gasteiger charge is -2.16. The molecule has 0 atom stereocenters. The van der Waals surface area contributed by atoms with Crippen molar-refractivity contribution in [3.05, 3.63) is 47.8 Å². The lowest BCUT2D eigenvalue weighted by Crippen LogP contribution is -2.11. The fraction of sp³-hybridized carbons (Fsp3) is 0.150. The van der Waals surface area contributed by atoms with Crippen LogP contribution >= 0.6 is 11.8 Å². The summed E-state index contributed by atoms with van der Waals surface area (Å²) in [5, 5.41) is 0.241. The Balaban J connectivity index is 1.68. The minimum Gasteiger partial charge on any atom is -0.454 e. The first kappa shape index (κ1) is 22.1. The summed E-state index contributed by atoms with van der Waals surface area (Å²) in [6.45, 7) is -0.143. The van der Waals surface area contributed by atoms with Crippen molar-refractivity contribution in [1.82, 2.24) is 19.9 Å². The third-order valence-corrected chi connectivity index (χ3v) is 5.82. The maximum Gasteiger partial charge on any atom is 0.416 e. The standard InChI is InChI=1S/C20H11F6N5O2S/c21-19(22,23)9-1-8(2-10(3-9)20(24,25)26)11-4-12-13(33-7-32-12)5-14(11)34-18-30-15-16(27)28-6-29-17(15)31-18/h1-6H,7H2,(H3,27,28,29,30,31). The molecule has 0 radical (unpaired) electrons. The number of alkyl halides is 6. The van der Waals surface area contributed by atoms with Crippen LogP contribution in [0.25, 0.3) is 22.3 Å². The maximum atomic E-state index is 13.4. The topological polar surface area (TPSA) is 98.9 Å². The number of anilines is 1. The van der Waals surface area contributed by atoms with Gasteiger partial charge in [-0.25, -0.2) is 15.0 Å². The molecule has 3 heterocycles. The zero-order valence-electron chi connectivity index (χ0n) is 16.6. The van der Waals surface area contributed by atoms with Gasteiger partial charge in [-0.1, -0.05) is 11.8 Å². The second kappa shape index (κ2) is 7.68. The summed E-state index contributed by atoms with van der Waals surface area (Å²) in [5.41, 5.74) is 3.26. The fourth-order valence-electron chi connectivity index (χ4n) is 3.32. The average Bonchev–Trinajstić information content (AvgIpc) is 3.38. The van der Waals surface area contributed by atoms with E-state index in [1.807, 2.05) is 0 Å². The van der Waals surface area contributed by atoms with Crippen molar-refractivity contribution in [3.63, 3.8) is 0 Å². The molecule has 0 amide bonds. The number of ether oxygens (including phenoxy) is 2. The van der Waals surface area contributed by atoms with Gasteiger partial charge >= 0.3 is 12.4 Å². The van der Waals surface area contributed by atoms with E-state index < -0.39 is 23.5 Å². The van der Waals surface area contributed by atoms with Gasteiger partial charge in [0, 0.05) is 4.90 Å². The van der Waals surface area contributed by atoms with E-state index in [-0.39, 0.29) is 57.0 Å². The van der Waals surface area contributed by atoms with Crippen molar-refractivity contribution in [2.24, 2.45) is 0 Å². The Morgan fingerprint density at radius 1 is 0.882 bits per heavy atom. The van der Waals surface area contributed by atoms with Gasteiger partial charge in [0.1, 0.15) is 11.8 Å². The van der Waals surface area contributed by atoms with E-state index in [0.29, 0.717) is 17.6 Å². The predicted octanol–water partition coefficient (Wildman–Crippen LogP) is 5.52. The van der Waals surface area contributed by atoms with Gasteiger partial charge in [0.2, 0.25) is 6.79 Å². The summed E-state index contributed by atoms with van der Waals surface area (Å²) < 4.78 is 91.1. The molecule has 14 heteroatoms. The summed E-state index contributed by atoms with van der Waals surface area (Å²) in [5.74, 6) is 0.595. The monoisotopic (exact) mass is 499 g/mol. The molecule has 3 N–H and O–H groups in total. The van der Waals surface area contributed by atoms with E-state index in [0.717, 1.165) is 11.8 Å². The van der Waals surface area contributed by atoms with Crippen molar-refractivity contribution >= 4 is 28.7 Å². The zero-order chi connectivity index (χ0) is 24.3. The second-order valence-electron chi connectivity index (χ2n) is 7.10. The highest BCUT2D eigenvalue weighted by molar-refractivity contribution is 7.99. The molecule has 0 unspecified atom stereocenters. The highest BCUT2D eigenvalue weighted by Crippen LogP contribution is 2.46. The van der Waals surface area contributed by atoms with Gasteiger partial charge in [-0.15, -0.1) is 0 Å². The Hall–Kier alpha value is -3.68. The molecule has 176 valence electrons. The molecule has 0 saturated carbocycles. The SMILES string of the molecule is Nc1ncnc2nc(Sc3cc4c(cc3-c3cc(C(F)(F)F)cc(C(F)(F)F)c3)OCO4)[nH]c12. The normalized spacial score (nSPS) is 13.6. The van der Waals surface area contributed by atoms with Gasteiger partial charge in [0.05, 0.1) is 11.1 Å². The quantitative estimate of drug-likeness (QED) is 0.358. The van der Waals surface area contributed by atoms with Gasteiger partial charge in [-0.3, -0.25) is 0 Å². The van der Waals surface area contributed by atoms with Crippen LogP contribution in [0.1, 0.15) is 11.1 Å². The van der Waals surface area contributed by atoms with Gasteiger partial charge in [-0.05, 0) is 41.5 Å². The van der Waals surface area contributed by atoms with Crippen LogP contribution in [0.4, 0.5) is 32.2 Å². The van der Waals surface area contributed by atoms with E-state index in [1.165, 1.54) is 18.5 Å². The molecule has 2 aromatic carbocycles. The summed E-state index contributed by atoms with van der Waals surface area (Å²) in [6, 6.07) is 4.16. The number of nitrogens with zero attached hydrogens (tertiary/aromatic N) is 3. The van der Waals surface area contributed by atoms with Gasteiger partial charge < -0.3 is 20.2 Å². The first-order chi connectivity index (χ1) is 16.0. The Labute approximate surface area is 190 Å². The second-order valence-corrected chi connectivity index (χ2v) is 8.13. The predicted molar refractivity (Wildman–Crippen MR) is 108 cm³/mol. The Morgan fingerprint density at radius 3 is 2.15 bits per heavy atom. The maximum absolute atomic E-state index is 13.4. The number of hydrogen-bond acceptors (Lipinski definition) is 7. The van der Waals surface area contributed by atoms with E-state index in [4.69, 9.17) is 15.2 Å². The molecule has 34 heavy (non-hydrogen) atoms. The minimum absolute atomic E-state index is 0.0605. The van der Waals surface area contributed by atoms with Crippen LogP contribution in [0.15, 0.2) is 46.7 Å². The van der Waals surface area contributed by atoms with E-state index >= 15 is 0 Å². The Bertz CT molecular complexity index is 1390. The van der Waals surface area contributed by atoms with Crippen LogP contribution in [0.3, 0.4) is 0 Å². The molecule has 4 aromatic rings. The molecule has 1 aliphatic heterocycles. The molecule has 7 nitrogen and oxygen atoms in total. The van der Waals surface area contributed by atoms with E-state index in [1.54, 1.807) is 0 Å². The van der Waals surface area contributed by atoms with Crippen LogP contribution in [-0.2, 0) is 12.4 Å². The molecule has 1 aliphatic rings. The number of imidazole rings is 1. The number of nitrogen functional groups attached to an aromatic ring is 1. The highest BCUT2D eigenvalue weighted by atomic mass is 32.2. The summed E-state index contributed by atoms with van der Waals surface area (Å²) in [6.07, 6.45) is -8.77. The smallest absolute Gasteiger partial charge is 0.416 e. The Morgan fingerprint density at radius 2 is 1.53 bits per heavy atom. The molecule has 2 aromatic heterocycles. The van der Waals surface area contributed by atoms with Crippen molar-refractivity contribution in [2.75, 3.05) is 12.5 Å². The highest BCUT2D eigenvalue weighted by Gasteiger charge is 2.37. The molecular weight excluding hydrogens is 488 g/mol. The number of aromatic nitrogens is 4. The van der Waals surface area contributed by atoms with Crippen LogP contribution in [0, 0.1) is 0 Å². The number of hydrogen-bond donors (Lipinski definition) is 2. The van der Waals surface area contributed by atoms with Crippen LogP contribution in [-0.4, -0.2) is 26.7 Å². The van der Waals surface area contributed by atoms with E-state index in [9.17, 15) is 26.3 Å². The minimum atomic E-state index is -4.99. The van der Waals surface area contributed by atoms with Gasteiger partial charge in [-0.2, -0.15) is 26.3 Å². The number of halogens is 6. The molecule has 0 saturated heterocycles. The molecular formula is C20H11F6N5O2S. The van der Waals surface area contributed by atoms with Crippen molar-refractivity contribution < 1.29 is 35.8 Å². The van der Waals surface area contributed by atoms with Gasteiger partial charge in [0.15, 0.2) is 28.1 Å². The summed E-state index contributed by atoms with van der Waals surface area (Å²) >= 11 is 0.948. The summed E-state index contributed by atoms with van der Waals surface area (Å²) in [7, 11) is 0. The first-order valence-electron chi connectivity index (χ1n) is 9.36. The molecule has 0 bridgehead atoms. The number of benzene rings is 2. The molecule has 0 fully saturated rings. The molecule has 0 aliphatic carbocycles. The largest absolute Gasteiger partial charge is 0.454 e. The lowest BCUT2D eigenvalue weighted by atomic mass is 9.98. The Kier molecular flexibility index (Phi) is 5.00. The lowest BCUT2D eigenvalue weighted by molar-refractivity contribution is -0.143. The average molecular weight is 499 g/mol. The molecule has 5 rings (SSSR count).